The molecule has 1 saturated carbocycles. The highest BCUT2D eigenvalue weighted by Gasteiger charge is 2.28. The number of hydrogen-bond acceptors (Lipinski definition) is 7. The van der Waals surface area contributed by atoms with Crippen LogP contribution in [0.1, 0.15) is 30.9 Å². The van der Waals surface area contributed by atoms with Crippen LogP contribution >= 0.6 is 0 Å². The Hall–Kier alpha value is -3.33. The van der Waals surface area contributed by atoms with Gasteiger partial charge in [-0.25, -0.2) is 8.78 Å². The molecule has 7 nitrogen and oxygen atoms in total. The zero-order valence-corrected chi connectivity index (χ0v) is 19.9. The van der Waals surface area contributed by atoms with Gasteiger partial charge in [0.15, 0.2) is 11.6 Å². The predicted octanol–water partition coefficient (Wildman–Crippen LogP) is 4.42. The first-order valence-corrected chi connectivity index (χ1v) is 12.1. The molecule has 3 heterocycles. The van der Waals surface area contributed by atoms with E-state index in [9.17, 15) is 4.39 Å². The average molecular weight is 479 g/mol. The maximum absolute atomic E-state index is 15.2. The van der Waals surface area contributed by atoms with Crippen molar-refractivity contribution in [3.05, 3.63) is 52.1 Å². The molecule has 35 heavy (non-hydrogen) atoms. The molecule has 1 N–H and O–H groups in total. The van der Waals surface area contributed by atoms with Gasteiger partial charge in [0.2, 0.25) is 11.8 Å². The summed E-state index contributed by atoms with van der Waals surface area (Å²) in [7, 11) is 2.09. The summed E-state index contributed by atoms with van der Waals surface area (Å²) in [4.78, 5) is 18.1. The van der Waals surface area contributed by atoms with Gasteiger partial charge in [-0.05, 0) is 50.8 Å². The molecule has 0 spiro atoms. The number of fused-ring (bicyclic) bond motifs is 1. The minimum absolute atomic E-state index is 0.151. The summed E-state index contributed by atoms with van der Waals surface area (Å²) in [5.74, 6) is 1.26. The number of piperazine rings is 1. The number of allylic oxidation sites excluding steroid dienone is 1. The number of halogens is 2. The van der Waals surface area contributed by atoms with Gasteiger partial charge in [-0.2, -0.15) is 9.97 Å². The smallest absolute Gasteiger partial charge is 0.233 e. The van der Waals surface area contributed by atoms with Crippen molar-refractivity contribution in [2.75, 3.05) is 50.0 Å². The van der Waals surface area contributed by atoms with Crippen molar-refractivity contribution >= 4 is 23.7 Å². The highest BCUT2D eigenvalue weighted by molar-refractivity contribution is 6.05. The van der Waals surface area contributed by atoms with E-state index in [1.165, 1.54) is 18.4 Å². The van der Waals surface area contributed by atoms with Crippen molar-refractivity contribution in [2.45, 2.75) is 26.2 Å². The second kappa shape index (κ2) is 8.71. The summed E-state index contributed by atoms with van der Waals surface area (Å²) in [6.45, 7) is 5.95. The quantitative estimate of drug-likeness (QED) is 0.687. The summed E-state index contributed by atoms with van der Waals surface area (Å²) >= 11 is 0. The van der Waals surface area contributed by atoms with Crippen molar-refractivity contribution in [3.8, 4) is 11.6 Å². The van der Waals surface area contributed by atoms with Crippen LogP contribution in [-0.2, 0) is 6.42 Å². The summed E-state index contributed by atoms with van der Waals surface area (Å²) < 4.78 is 35.8. The van der Waals surface area contributed by atoms with E-state index in [1.54, 1.807) is 12.1 Å². The summed E-state index contributed by atoms with van der Waals surface area (Å²) in [6.07, 6.45) is 6.59. The van der Waals surface area contributed by atoms with E-state index >= 15 is 4.39 Å². The number of anilines is 2. The van der Waals surface area contributed by atoms with E-state index in [1.807, 2.05) is 6.92 Å². The normalized spacial score (nSPS) is 19.9. The van der Waals surface area contributed by atoms with Crippen LogP contribution in [0.5, 0.6) is 11.6 Å². The minimum atomic E-state index is -0.579. The number of nitrogens with zero attached hydrogens (tertiary/aromatic N) is 5. The third-order valence-corrected chi connectivity index (χ3v) is 7.00. The Morgan fingerprint density at radius 1 is 1.06 bits per heavy atom. The van der Waals surface area contributed by atoms with Crippen molar-refractivity contribution in [1.29, 1.82) is 0 Å². The Kier molecular flexibility index (Phi) is 5.51. The number of rotatable bonds is 5. The van der Waals surface area contributed by atoms with Crippen molar-refractivity contribution in [2.24, 2.45) is 10.9 Å². The summed E-state index contributed by atoms with van der Waals surface area (Å²) in [6, 6.07) is 2.79. The fourth-order valence-electron chi connectivity index (χ4n) is 4.81. The Bertz CT molecular complexity index is 1280. The molecule has 0 unspecified atom stereocenters. The largest absolute Gasteiger partial charge is 0.436 e. The van der Waals surface area contributed by atoms with Crippen LogP contribution < -0.4 is 15.0 Å². The highest BCUT2D eigenvalue weighted by Crippen LogP contribution is 2.38. The van der Waals surface area contributed by atoms with Gasteiger partial charge in [0.25, 0.3) is 0 Å². The van der Waals surface area contributed by atoms with Crippen molar-refractivity contribution in [3.63, 3.8) is 0 Å². The fraction of sp³-hybridized carbons (Fsp3) is 0.423. The number of likely N-dealkylation sites (N-methyl/N-ethyl adjacent to an activating group) is 1. The molecule has 1 aromatic carbocycles. The van der Waals surface area contributed by atoms with E-state index < -0.39 is 11.6 Å². The topological polar surface area (TPSA) is 65.9 Å². The van der Waals surface area contributed by atoms with Gasteiger partial charge in [0.1, 0.15) is 17.5 Å². The maximum atomic E-state index is 15.2. The summed E-state index contributed by atoms with van der Waals surface area (Å²) in [5.41, 5.74) is 2.87. The first-order chi connectivity index (χ1) is 16.9. The van der Waals surface area contributed by atoms with Gasteiger partial charge in [-0.1, -0.05) is 11.6 Å². The van der Waals surface area contributed by atoms with Crippen LogP contribution in [0.3, 0.4) is 0 Å². The van der Waals surface area contributed by atoms with Gasteiger partial charge in [0.05, 0.1) is 6.54 Å². The molecule has 6 rings (SSSR count). The SMILES string of the molecule is CC1=Cc2c(F)c(Oc3cc(N4CCN(C)CC4)nc(NC4=NCC(C5CC5)=C4)n3)cc(F)c2C1. The molecule has 182 valence electrons. The Labute approximate surface area is 203 Å². The van der Waals surface area contributed by atoms with E-state index in [0.29, 0.717) is 42.0 Å². The Morgan fingerprint density at radius 3 is 2.63 bits per heavy atom. The van der Waals surface area contributed by atoms with Gasteiger partial charge in [0, 0.05) is 49.4 Å². The molecule has 0 radical (unpaired) electrons. The molecular weight excluding hydrogens is 450 g/mol. The monoisotopic (exact) mass is 478 g/mol. The van der Waals surface area contributed by atoms with Crippen LogP contribution in [0.2, 0.25) is 0 Å². The van der Waals surface area contributed by atoms with Crippen molar-refractivity contribution in [1.82, 2.24) is 14.9 Å². The molecule has 1 aromatic heterocycles. The summed E-state index contributed by atoms with van der Waals surface area (Å²) in [5, 5.41) is 3.20. The first kappa shape index (κ1) is 22.2. The highest BCUT2D eigenvalue weighted by atomic mass is 19.1. The van der Waals surface area contributed by atoms with Crippen LogP contribution in [-0.4, -0.2) is 60.5 Å². The second-order valence-corrected chi connectivity index (χ2v) is 9.83. The zero-order valence-electron chi connectivity index (χ0n) is 19.9. The molecule has 1 saturated heterocycles. The lowest BCUT2D eigenvalue weighted by atomic mass is 10.1. The first-order valence-electron chi connectivity index (χ1n) is 12.1. The third-order valence-electron chi connectivity index (χ3n) is 7.00. The van der Waals surface area contributed by atoms with E-state index in [4.69, 9.17) is 9.72 Å². The minimum Gasteiger partial charge on any atom is -0.436 e. The van der Waals surface area contributed by atoms with Gasteiger partial charge >= 0.3 is 0 Å². The molecule has 2 aliphatic carbocycles. The molecule has 9 heteroatoms. The van der Waals surface area contributed by atoms with Gasteiger partial charge < -0.3 is 19.9 Å². The Morgan fingerprint density at radius 2 is 1.86 bits per heavy atom. The third kappa shape index (κ3) is 4.52. The number of benzene rings is 1. The van der Waals surface area contributed by atoms with Crippen molar-refractivity contribution < 1.29 is 13.5 Å². The fourth-order valence-corrected chi connectivity index (χ4v) is 4.81. The number of nitrogens with one attached hydrogen (secondary N) is 1. The zero-order chi connectivity index (χ0) is 24.1. The van der Waals surface area contributed by atoms with Gasteiger partial charge in [-0.3, -0.25) is 4.99 Å². The molecule has 0 atom stereocenters. The number of ether oxygens (including phenoxy) is 1. The molecule has 0 amide bonds. The molecule has 2 aliphatic heterocycles. The van der Waals surface area contributed by atoms with Crippen LogP contribution in [0.4, 0.5) is 20.5 Å². The number of amidine groups is 1. The molecule has 2 fully saturated rings. The second-order valence-electron chi connectivity index (χ2n) is 9.83. The average Bonchev–Trinajstić information content (AvgIpc) is 3.45. The number of aliphatic imine (C=N–C) groups is 1. The number of hydrogen-bond donors (Lipinski definition) is 1. The lowest BCUT2D eigenvalue weighted by molar-refractivity contribution is 0.312. The van der Waals surface area contributed by atoms with E-state index in [0.717, 1.165) is 37.8 Å². The predicted molar refractivity (Wildman–Crippen MR) is 132 cm³/mol. The molecular formula is C26H28F2N6O. The van der Waals surface area contributed by atoms with E-state index in [2.05, 4.69) is 38.2 Å². The number of aromatic nitrogens is 2. The maximum Gasteiger partial charge on any atom is 0.233 e. The van der Waals surface area contributed by atoms with Crippen LogP contribution in [0, 0.1) is 17.6 Å². The molecule has 4 aliphatic rings. The molecule has 2 aromatic rings. The standard InChI is InChI=1S/C26H28F2N6O/c1-15-9-18-19(10-15)25(28)21(12-20(18)27)35-24-13-23(34-7-5-33(2)6-8-34)31-26(32-24)30-22-11-17(14-29-22)16-3-4-16/h10-13,16H,3-9,14H2,1-2H3,(H,29,30,31,32). The Balaban J connectivity index is 1.32. The lowest BCUT2D eigenvalue weighted by Crippen LogP contribution is -2.44. The lowest BCUT2D eigenvalue weighted by Gasteiger charge is -2.33. The molecule has 0 bridgehead atoms. The van der Waals surface area contributed by atoms with Crippen LogP contribution in [0.25, 0.3) is 6.08 Å². The van der Waals surface area contributed by atoms with Crippen LogP contribution in [0.15, 0.2) is 34.3 Å². The van der Waals surface area contributed by atoms with Gasteiger partial charge in [-0.15, -0.1) is 0 Å². The van der Waals surface area contributed by atoms with E-state index in [-0.39, 0.29) is 17.2 Å².